The molecule has 4 nitrogen and oxygen atoms in total. The number of halogens is 3. The van der Waals surface area contributed by atoms with Gasteiger partial charge >= 0.3 is 12.1 Å². The summed E-state index contributed by atoms with van der Waals surface area (Å²) in [7, 11) is 0. The molecule has 0 fully saturated rings. The number of ether oxygens (including phenoxy) is 1. The number of hydrogen-bond donors (Lipinski definition) is 0. The van der Waals surface area contributed by atoms with Crippen molar-refractivity contribution in [2.75, 3.05) is 6.61 Å². The van der Waals surface area contributed by atoms with Crippen molar-refractivity contribution in [3.63, 3.8) is 0 Å². The van der Waals surface area contributed by atoms with E-state index in [9.17, 15) is 18.0 Å². The fraction of sp³-hybridized carbons (Fsp3) is 0.158. The molecule has 0 aliphatic rings. The van der Waals surface area contributed by atoms with E-state index in [1.54, 1.807) is 37.3 Å². The summed E-state index contributed by atoms with van der Waals surface area (Å²) in [6.07, 6.45) is -4.40. The van der Waals surface area contributed by atoms with E-state index in [1.807, 2.05) is 0 Å². The number of alkyl halides is 3. The molecular formula is C19H14F3NO3. The molecule has 1 heterocycles. The minimum atomic E-state index is -4.40. The standard InChI is InChI=1S/C19H14F3NO3/c1-2-25-18(24)15-6-4-3-5-14(15)17-11-16(23-26-17)12-7-9-13(10-8-12)19(20,21)22/h3-11H,2H2,1H3. The van der Waals surface area contributed by atoms with Crippen LogP contribution in [0.5, 0.6) is 0 Å². The third-order valence-corrected chi connectivity index (χ3v) is 3.71. The molecule has 0 atom stereocenters. The lowest BCUT2D eigenvalue weighted by Crippen LogP contribution is -2.06. The molecule has 0 aliphatic carbocycles. The predicted molar refractivity (Wildman–Crippen MR) is 88.3 cm³/mol. The van der Waals surface area contributed by atoms with Gasteiger partial charge in [0.05, 0.1) is 17.7 Å². The van der Waals surface area contributed by atoms with E-state index in [0.29, 0.717) is 28.1 Å². The first kappa shape index (κ1) is 17.7. The number of esters is 1. The minimum Gasteiger partial charge on any atom is -0.462 e. The summed E-state index contributed by atoms with van der Waals surface area (Å²) < 4.78 is 48.3. The van der Waals surface area contributed by atoms with Gasteiger partial charge in [-0.05, 0) is 25.1 Å². The summed E-state index contributed by atoms with van der Waals surface area (Å²) in [6.45, 7) is 1.94. The predicted octanol–water partition coefficient (Wildman–Crippen LogP) is 5.20. The average Bonchev–Trinajstić information content (AvgIpc) is 3.11. The number of rotatable bonds is 4. The lowest BCUT2D eigenvalue weighted by Gasteiger charge is -2.06. The lowest BCUT2D eigenvalue weighted by molar-refractivity contribution is -0.137. The summed E-state index contributed by atoms with van der Waals surface area (Å²) >= 11 is 0. The van der Waals surface area contributed by atoms with E-state index in [1.165, 1.54) is 12.1 Å². The average molecular weight is 361 g/mol. The molecule has 3 rings (SSSR count). The second-order valence-corrected chi connectivity index (χ2v) is 5.42. The molecule has 0 saturated carbocycles. The van der Waals surface area contributed by atoms with Crippen molar-refractivity contribution in [2.24, 2.45) is 0 Å². The Morgan fingerprint density at radius 2 is 1.81 bits per heavy atom. The fourth-order valence-corrected chi connectivity index (χ4v) is 2.45. The molecule has 0 amide bonds. The Labute approximate surface area is 147 Å². The van der Waals surface area contributed by atoms with Crippen LogP contribution in [-0.4, -0.2) is 17.7 Å². The number of benzene rings is 2. The van der Waals surface area contributed by atoms with E-state index in [0.717, 1.165) is 12.1 Å². The highest BCUT2D eigenvalue weighted by molar-refractivity contribution is 5.96. The van der Waals surface area contributed by atoms with Gasteiger partial charge in [-0.2, -0.15) is 13.2 Å². The Morgan fingerprint density at radius 1 is 1.12 bits per heavy atom. The van der Waals surface area contributed by atoms with Crippen LogP contribution in [0.1, 0.15) is 22.8 Å². The van der Waals surface area contributed by atoms with Gasteiger partial charge in [-0.1, -0.05) is 35.5 Å². The van der Waals surface area contributed by atoms with Gasteiger partial charge in [0, 0.05) is 17.2 Å². The molecule has 0 unspecified atom stereocenters. The van der Waals surface area contributed by atoms with Crippen LogP contribution in [0, 0.1) is 0 Å². The van der Waals surface area contributed by atoms with Gasteiger partial charge in [-0.25, -0.2) is 4.79 Å². The number of carbonyl (C=O) groups is 1. The van der Waals surface area contributed by atoms with Crippen LogP contribution < -0.4 is 0 Å². The van der Waals surface area contributed by atoms with Crippen molar-refractivity contribution < 1.29 is 27.2 Å². The molecule has 3 aromatic rings. The number of aromatic nitrogens is 1. The van der Waals surface area contributed by atoms with Crippen LogP contribution in [-0.2, 0) is 10.9 Å². The number of hydrogen-bond acceptors (Lipinski definition) is 4. The molecular weight excluding hydrogens is 347 g/mol. The van der Waals surface area contributed by atoms with E-state index in [4.69, 9.17) is 9.26 Å². The molecule has 7 heteroatoms. The number of carbonyl (C=O) groups excluding carboxylic acids is 1. The molecule has 0 spiro atoms. The second-order valence-electron chi connectivity index (χ2n) is 5.42. The zero-order valence-corrected chi connectivity index (χ0v) is 13.7. The molecule has 0 radical (unpaired) electrons. The highest BCUT2D eigenvalue weighted by atomic mass is 19.4. The van der Waals surface area contributed by atoms with Crippen molar-refractivity contribution in [1.29, 1.82) is 0 Å². The van der Waals surface area contributed by atoms with Crippen molar-refractivity contribution in [3.05, 3.63) is 65.7 Å². The van der Waals surface area contributed by atoms with E-state index >= 15 is 0 Å². The Balaban J connectivity index is 1.93. The summed E-state index contributed by atoms with van der Waals surface area (Å²) in [6, 6.07) is 12.9. The van der Waals surface area contributed by atoms with Gasteiger partial charge in [0.15, 0.2) is 5.76 Å². The summed E-state index contributed by atoms with van der Waals surface area (Å²) in [5, 5.41) is 3.89. The third-order valence-electron chi connectivity index (χ3n) is 3.71. The Hall–Kier alpha value is -3.09. The van der Waals surface area contributed by atoms with Crippen LogP contribution >= 0.6 is 0 Å². The van der Waals surface area contributed by atoms with Crippen molar-refractivity contribution in [3.8, 4) is 22.6 Å². The van der Waals surface area contributed by atoms with Gasteiger partial charge in [-0.3, -0.25) is 0 Å². The highest BCUT2D eigenvalue weighted by Gasteiger charge is 2.30. The first-order chi connectivity index (χ1) is 12.4. The van der Waals surface area contributed by atoms with Gasteiger partial charge in [0.1, 0.15) is 5.69 Å². The first-order valence-electron chi connectivity index (χ1n) is 7.81. The highest BCUT2D eigenvalue weighted by Crippen LogP contribution is 2.32. The Bertz CT molecular complexity index is 914. The summed E-state index contributed by atoms with van der Waals surface area (Å²) in [5.41, 5.74) is 0.924. The van der Waals surface area contributed by atoms with Crippen LogP contribution in [0.3, 0.4) is 0 Å². The maximum Gasteiger partial charge on any atom is 0.416 e. The first-order valence-corrected chi connectivity index (χ1v) is 7.81. The zero-order chi connectivity index (χ0) is 18.7. The van der Waals surface area contributed by atoms with Gasteiger partial charge < -0.3 is 9.26 Å². The molecule has 2 aromatic carbocycles. The quantitative estimate of drug-likeness (QED) is 0.599. The fourth-order valence-electron chi connectivity index (χ4n) is 2.45. The van der Waals surface area contributed by atoms with Gasteiger partial charge in [-0.15, -0.1) is 0 Å². The third kappa shape index (κ3) is 3.61. The van der Waals surface area contributed by atoms with Gasteiger partial charge in [0.25, 0.3) is 0 Å². The zero-order valence-electron chi connectivity index (χ0n) is 13.7. The van der Waals surface area contributed by atoms with E-state index in [-0.39, 0.29) is 6.61 Å². The number of nitrogens with zero attached hydrogens (tertiary/aromatic N) is 1. The van der Waals surface area contributed by atoms with Crippen molar-refractivity contribution >= 4 is 5.97 Å². The van der Waals surface area contributed by atoms with Crippen LogP contribution in [0.15, 0.2) is 59.1 Å². The Morgan fingerprint density at radius 3 is 2.46 bits per heavy atom. The van der Waals surface area contributed by atoms with Crippen LogP contribution in [0.25, 0.3) is 22.6 Å². The largest absolute Gasteiger partial charge is 0.462 e. The van der Waals surface area contributed by atoms with Crippen LogP contribution in [0.2, 0.25) is 0 Å². The summed E-state index contributed by atoms with van der Waals surface area (Å²) in [5.74, 6) is -0.167. The molecule has 0 N–H and O–H groups in total. The SMILES string of the molecule is CCOC(=O)c1ccccc1-c1cc(-c2ccc(C(F)(F)F)cc2)no1. The van der Waals surface area contributed by atoms with Crippen LogP contribution in [0.4, 0.5) is 13.2 Å². The lowest BCUT2D eigenvalue weighted by atomic mass is 10.0. The topological polar surface area (TPSA) is 52.3 Å². The second kappa shape index (κ2) is 7.03. The normalized spacial score (nSPS) is 11.4. The maximum atomic E-state index is 12.7. The van der Waals surface area contributed by atoms with E-state index in [2.05, 4.69) is 5.16 Å². The van der Waals surface area contributed by atoms with E-state index < -0.39 is 17.7 Å². The molecule has 0 saturated heterocycles. The summed E-state index contributed by atoms with van der Waals surface area (Å²) in [4.78, 5) is 12.1. The minimum absolute atomic E-state index is 0.236. The van der Waals surface area contributed by atoms with Crippen molar-refractivity contribution in [1.82, 2.24) is 5.16 Å². The molecule has 134 valence electrons. The molecule has 26 heavy (non-hydrogen) atoms. The molecule has 0 aliphatic heterocycles. The monoisotopic (exact) mass is 361 g/mol. The maximum absolute atomic E-state index is 12.7. The molecule has 0 bridgehead atoms. The smallest absolute Gasteiger partial charge is 0.416 e. The Kier molecular flexibility index (Phi) is 4.79. The van der Waals surface area contributed by atoms with Gasteiger partial charge in [0.2, 0.25) is 0 Å². The van der Waals surface area contributed by atoms with Crippen molar-refractivity contribution in [2.45, 2.75) is 13.1 Å². The molecule has 1 aromatic heterocycles.